The average molecular weight is 328 g/mol. The molecule has 2 aromatic rings. The van der Waals surface area contributed by atoms with Crippen molar-refractivity contribution in [1.82, 2.24) is 0 Å². The zero-order valence-electron chi connectivity index (χ0n) is 9.52. The molecule has 0 saturated heterocycles. The molecule has 0 spiro atoms. The van der Waals surface area contributed by atoms with Gasteiger partial charge in [-0.1, -0.05) is 17.7 Å². The molecule has 0 aliphatic heterocycles. The van der Waals surface area contributed by atoms with Gasteiger partial charge in [0.1, 0.15) is 0 Å². The van der Waals surface area contributed by atoms with E-state index < -0.39 is 0 Å². The fraction of sp³-hybridized carbons (Fsp3) is 0.231. The van der Waals surface area contributed by atoms with Gasteiger partial charge in [-0.2, -0.15) is 11.3 Å². The normalized spacial score (nSPS) is 12.6. The maximum absolute atomic E-state index is 6.17. The van der Waals surface area contributed by atoms with Gasteiger partial charge in [-0.05, 0) is 45.9 Å². The zero-order chi connectivity index (χ0) is 12.3. The molecular weight excluding hydrogens is 314 g/mol. The number of thiophene rings is 1. The van der Waals surface area contributed by atoms with Gasteiger partial charge in [-0.15, -0.1) is 11.8 Å². The average Bonchev–Trinajstić information content (AvgIpc) is 2.74. The number of hydrogen-bond donors (Lipinski definition) is 1. The van der Waals surface area contributed by atoms with Gasteiger partial charge >= 0.3 is 0 Å². The molecule has 4 heteroatoms. The van der Waals surface area contributed by atoms with Gasteiger partial charge in [0.2, 0.25) is 0 Å². The lowest BCUT2D eigenvalue weighted by atomic mass is 10.2. The summed E-state index contributed by atoms with van der Waals surface area (Å²) in [5.41, 5.74) is 8.67. The highest BCUT2D eigenvalue weighted by molar-refractivity contribution is 9.10. The van der Waals surface area contributed by atoms with Crippen LogP contribution in [0.3, 0.4) is 0 Å². The first-order valence-electron chi connectivity index (χ1n) is 5.33. The molecule has 90 valence electrons. The summed E-state index contributed by atoms with van der Waals surface area (Å²) in [6, 6.07) is 8.65. The predicted octanol–water partition coefficient (Wildman–Crippen LogP) is 4.61. The van der Waals surface area contributed by atoms with Gasteiger partial charge in [-0.3, -0.25) is 0 Å². The maximum atomic E-state index is 6.17. The molecule has 17 heavy (non-hydrogen) atoms. The van der Waals surface area contributed by atoms with Gasteiger partial charge < -0.3 is 5.73 Å². The Hall–Kier alpha value is -0.290. The summed E-state index contributed by atoms with van der Waals surface area (Å²) in [4.78, 5) is 1.28. The molecule has 2 N–H and O–H groups in total. The quantitative estimate of drug-likeness (QED) is 0.830. The molecule has 0 aliphatic carbocycles. The molecule has 1 unspecified atom stereocenters. The summed E-state index contributed by atoms with van der Waals surface area (Å²) in [7, 11) is 0. The van der Waals surface area contributed by atoms with Crippen LogP contribution in [0.1, 0.15) is 17.2 Å². The number of nitrogens with two attached hydrogens (primary N) is 1. The molecule has 2 rings (SSSR count). The van der Waals surface area contributed by atoms with E-state index in [1.54, 1.807) is 23.1 Å². The van der Waals surface area contributed by atoms with Crippen LogP contribution in [0, 0.1) is 6.92 Å². The van der Waals surface area contributed by atoms with E-state index in [1.807, 2.05) is 0 Å². The highest BCUT2D eigenvalue weighted by Crippen LogP contribution is 2.30. The standard InChI is InChI=1S/C13H14BrNS2/c1-9-2-4-10(5-3-9)17-8-13(15)11-6-16-7-12(11)14/h2-7,13H,8,15H2,1H3. The molecular formula is C13H14BrNS2. The highest BCUT2D eigenvalue weighted by atomic mass is 79.9. The monoisotopic (exact) mass is 327 g/mol. The zero-order valence-corrected chi connectivity index (χ0v) is 12.7. The van der Waals surface area contributed by atoms with Gasteiger partial charge in [0, 0.05) is 26.5 Å². The number of halogens is 1. The maximum Gasteiger partial charge on any atom is 0.0409 e. The molecule has 1 aromatic carbocycles. The number of aryl methyl sites for hydroxylation is 1. The predicted molar refractivity (Wildman–Crippen MR) is 80.9 cm³/mol. The van der Waals surface area contributed by atoms with Gasteiger partial charge in [0.15, 0.2) is 0 Å². The molecule has 0 amide bonds. The minimum absolute atomic E-state index is 0.0851. The lowest BCUT2D eigenvalue weighted by Crippen LogP contribution is -2.12. The SMILES string of the molecule is Cc1ccc(SCC(N)c2cscc2Br)cc1. The smallest absolute Gasteiger partial charge is 0.0409 e. The first-order valence-corrected chi connectivity index (χ1v) is 8.05. The molecule has 0 bridgehead atoms. The Morgan fingerprint density at radius 3 is 2.59 bits per heavy atom. The first kappa shape index (κ1) is 13.1. The van der Waals surface area contributed by atoms with E-state index >= 15 is 0 Å². The van der Waals surface area contributed by atoms with Crippen LogP contribution in [-0.4, -0.2) is 5.75 Å². The second kappa shape index (κ2) is 6.05. The molecule has 1 nitrogen and oxygen atoms in total. The largest absolute Gasteiger partial charge is 0.323 e. The van der Waals surface area contributed by atoms with E-state index in [-0.39, 0.29) is 6.04 Å². The summed E-state index contributed by atoms with van der Waals surface area (Å²) in [5.74, 6) is 0.901. The van der Waals surface area contributed by atoms with E-state index in [0.717, 1.165) is 10.2 Å². The summed E-state index contributed by atoms with van der Waals surface area (Å²) < 4.78 is 1.12. The molecule has 0 radical (unpaired) electrons. The van der Waals surface area contributed by atoms with E-state index in [1.165, 1.54) is 16.0 Å². The van der Waals surface area contributed by atoms with Crippen molar-refractivity contribution >= 4 is 39.0 Å². The number of hydrogen-bond acceptors (Lipinski definition) is 3. The Morgan fingerprint density at radius 2 is 2.00 bits per heavy atom. The second-order valence-corrected chi connectivity index (χ2v) is 6.60. The van der Waals surface area contributed by atoms with Gasteiger partial charge in [0.25, 0.3) is 0 Å². The molecule has 0 fully saturated rings. The lowest BCUT2D eigenvalue weighted by Gasteiger charge is -2.10. The number of rotatable bonds is 4. The van der Waals surface area contributed by atoms with Crippen LogP contribution in [-0.2, 0) is 0 Å². The fourth-order valence-electron chi connectivity index (χ4n) is 1.47. The van der Waals surface area contributed by atoms with E-state index in [9.17, 15) is 0 Å². The molecule has 0 aliphatic rings. The van der Waals surface area contributed by atoms with Crippen molar-refractivity contribution < 1.29 is 0 Å². The summed E-state index contributed by atoms with van der Waals surface area (Å²) in [5, 5.41) is 4.19. The Labute approximate surface area is 119 Å². The van der Waals surface area contributed by atoms with Crippen LogP contribution in [0.5, 0.6) is 0 Å². The van der Waals surface area contributed by atoms with Crippen LogP contribution in [0.15, 0.2) is 44.4 Å². The Balaban J connectivity index is 1.94. The minimum atomic E-state index is 0.0851. The second-order valence-electron chi connectivity index (χ2n) is 3.91. The highest BCUT2D eigenvalue weighted by Gasteiger charge is 2.11. The van der Waals surface area contributed by atoms with Crippen LogP contribution in [0.4, 0.5) is 0 Å². The van der Waals surface area contributed by atoms with E-state index in [4.69, 9.17) is 5.73 Å². The van der Waals surface area contributed by atoms with Crippen molar-refractivity contribution in [2.45, 2.75) is 17.9 Å². The fourth-order valence-corrected chi connectivity index (χ4v) is 4.00. The van der Waals surface area contributed by atoms with Crippen molar-refractivity contribution in [1.29, 1.82) is 0 Å². The Bertz CT molecular complexity index is 478. The molecule has 1 aromatic heterocycles. The summed E-state index contributed by atoms with van der Waals surface area (Å²) in [6.07, 6.45) is 0. The summed E-state index contributed by atoms with van der Waals surface area (Å²) >= 11 is 7.01. The van der Waals surface area contributed by atoms with Gasteiger partial charge in [0.05, 0.1) is 0 Å². The van der Waals surface area contributed by atoms with Crippen LogP contribution >= 0.6 is 39.0 Å². The van der Waals surface area contributed by atoms with Crippen molar-refractivity contribution in [3.05, 3.63) is 50.6 Å². The van der Waals surface area contributed by atoms with Crippen LogP contribution in [0.2, 0.25) is 0 Å². The van der Waals surface area contributed by atoms with Gasteiger partial charge in [-0.25, -0.2) is 0 Å². The van der Waals surface area contributed by atoms with Crippen molar-refractivity contribution in [3.63, 3.8) is 0 Å². The summed E-state index contributed by atoms with van der Waals surface area (Å²) in [6.45, 7) is 2.10. The first-order chi connectivity index (χ1) is 8.16. The minimum Gasteiger partial charge on any atom is -0.323 e. The number of benzene rings is 1. The molecule has 1 heterocycles. The number of thioether (sulfide) groups is 1. The van der Waals surface area contributed by atoms with E-state index in [0.29, 0.717) is 0 Å². The molecule has 1 atom stereocenters. The third-order valence-electron chi connectivity index (χ3n) is 2.49. The van der Waals surface area contributed by atoms with E-state index in [2.05, 4.69) is 57.9 Å². The Kier molecular flexibility index (Phi) is 4.68. The van der Waals surface area contributed by atoms with Crippen molar-refractivity contribution in [2.24, 2.45) is 5.73 Å². The Morgan fingerprint density at radius 1 is 1.29 bits per heavy atom. The molecule has 0 saturated carbocycles. The topological polar surface area (TPSA) is 26.0 Å². The third kappa shape index (κ3) is 3.58. The van der Waals surface area contributed by atoms with Crippen LogP contribution in [0.25, 0.3) is 0 Å². The van der Waals surface area contributed by atoms with Crippen LogP contribution < -0.4 is 5.73 Å². The van der Waals surface area contributed by atoms with Crippen molar-refractivity contribution in [2.75, 3.05) is 5.75 Å². The lowest BCUT2D eigenvalue weighted by molar-refractivity contribution is 0.831. The van der Waals surface area contributed by atoms with Crippen molar-refractivity contribution in [3.8, 4) is 0 Å². The third-order valence-corrected chi connectivity index (χ3v) is 5.38.